The van der Waals surface area contributed by atoms with E-state index in [1.807, 2.05) is 24.3 Å². The van der Waals surface area contributed by atoms with Gasteiger partial charge in [-0.05, 0) is 17.7 Å². The molecule has 1 nitrogen and oxygen atoms in total. The summed E-state index contributed by atoms with van der Waals surface area (Å²) < 4.78 is 13.6. The van der Waals surface area contributed by atoms with E-state index in [1.165, 1.54) is 0 Å². The summed E-state index contributed by atoms with van der Waals surface area (Å²) in [5.41, 5.74) is 0.894. The molecule has 0 aliphatic rings. The van der Waals surface area contributed by atoms with Crippen LogP contribution < -0.4 is 0 Å². The Kier molecular flexibility index (Phi) is 3.69. The number of benzene rings is 1. The van der Waals surface area contributed by atoms with Gasteiger partial charge in [-0.3, -0.25) is 0 Å². The second-order valence-corrected chi connectivity index (χ2v) is 3.53. The van der Waals surface area contributed by atoms with Gasteiger partial charge in [-0.15, -0.1) is 0 Å². The first kappa shape index (κ1) is 9.68. The Hall–Kier alpha value is -0.410. The highest BCUT2D eigenvalue weighted by atomic mass is 79.9. The number of halogens is 2. The molecule has 1 atom stereocenters. The second-order valence-electron chi connectivity index (χ2n) is 2.61. The average Bonchev–Trinajstić information content (AvgIpc) is 2.04. The van der Waals surface area contributed by atoms with Gasteiger partial charge in [-0.2, -0.15) is 0 Å². The summed E-state index contributed by atoms with van der Waals surface area (Å²) in [4.78, 5) is 0. The molecule has 0 fully saturated rings. The highest BCUT2D eigenvalue weighted by Gasteiger charge is 2.05. The lowest BCUT2D eigenvalue weighted by Crippen LogP contribution is -2.09. The number of aliphatic hydroxyl groups is 1. The third-order valence-electron chi connectivity index (χ3n) is 1.54. The molecule has 0 unspecified atom stereocenters. The number of hydrogen-bond acceptors (Lipinski definition) is 1. The number of alkyl halides is 1. The minimum Gasteiger partial charge on any atom is -0.393 e. The van der Waals surface area contributed by atoms with Gasteiger partial charge in [0.2, 0.25) is 0 Å². The lowest BCUT2D eigenvalue weighted by molar-refractivity contribution is 0.177. The molecule has 0 aliphatic carbocycles. The Morgan fingerprint density at radius 2 is 2.25 bits per heavy atom. The fraction of sp³-hybridized carbons (Fsp3) is 0.333. The highest BCUT2D eigenvalue weighted by molar-refractivity contribution is 9.10. The van der Waals surface area contributed by atoms with Crippen LogP contribution in [0, 0.1) is 0 Å². The molecule has 12 heavy (non-hydrogen) atoms. The van der Waals surface area contributed by atoms with Crippen molar-refractivity contribution in [2.45, 2.75) is 12.6 Å². The van der Waals surface area contributed by atoms with Crippen LogP contribution in [0.2, 0.25) is 0 Å². The van der Waals surface area contributed by atoms with Crippen molar-refractivity contribution in [3.05, 3.63) is 34.3 Å². The van der Waals surface area contributed by atoms with Crippen LogP contribution in [0.15, 0.2) is 28.7 Å². The van der Waals surface area contributed by atoms with E-state index in [1.54, 1.807) is 0 Å². The van der Waals surface area contributed by atoms with Crippen molar-refractivity contribution in [1.82, 2.24) is 0 Å². The van der Waals surface area contributed by atoms with Crippen LogP contribution in [0.25, 0.3) is 0 Å². The Bertz CT molecular complexity index is 252. The van der Waals surface area contributed by atoms with Crippen molar-refractivity contribution in [2.24, 2.45) is 0 Å². The first-order valence-electron chi connectivity index (χ1n) is 3.71. The van der Waals surface area contributed by atoms with Crippen LogP contribution in [0.4, 0.5) is 4.39 Å². The fourth-order valence-corrected chi connectivity index (χ4v) is 1.43. The van der Waals surface area contributed by atoms with Crippen LogP contribution in [0.5, 0.6) is 0 Å². The van der Waals surface area contributed by atoms with E-state index in [4.69, 9.17) is 5.11 Å². The zero-order valence-electron chi connectivity index (χ0n) is 6.50. The van der Waals surface area contributed by atoms with E-state index in [9.17, 15) is 4.39 Å². The predicted molar refractivity (Wildman–Crippen MR) is 49.8 cm³/mol. The van der Waals surface area contributed by atoms with Gasteiger partial charge in [0.25, 0.3) is 0 Å². The molecule has 1 N–H and O–H groups in total. The Morgan fingerprint density at radius 1 is 1.50 bits per heavy atom. The molecule has 66 valence electrons. The van der Waals surface area contributed by atoms with Crippen LogP contribution in [-0.4, -0.2) is 17.9 Å². The first-order valence-corrected chi connectivity index (χ1v) is 4.51. The van der Waals surface area contributed by atoms with Gasteiger partial charge in [0.15, 0.2) is 0 Å². The number of hydrogen-bond donors (Lipinski definition) is 1. The molecular weight excluding hydrogens is 223 g/mol. The third kappa shape index (κ3) is 2.91. The van der Waals surface area contributed by atoms with E-state index in [-0.39, 0.29) is 6.42 Å². The van der Waals surface area contributed by atoms with Gasteiger partial charge in [0.1, 0.15) is 6.17 Å². The van der Waals surface area contributed by atoms with E-state index in [2.05, 4.69) is 15.9 Å². The summed E-state index contributed by atoms with van der Waals surface area (Å²) in [6.45, 7) is -0.410. The van der Waals surface area contributed by atoms with Crippen molar-refractivity contribution in [1.29, 1.82) is 0 Å². The summed E-state index contributed by atoms with van der Waals surface area (Å²) in [7, 11) is 0. The molecule has 0 radical (unpaired) electrons. The average molecular weight is 233 g/mol. The molecule has 0 heterocycles. The monoisotopic (exact) mass is 232 g/mol. The smallest absolute Gasteiger partial charge is 0.127 e. The minimum absolute atomic E-state index is 0.274. The van der Waals surface area contributed by atoms with Gasteiger partial charge >= 0.3 is 0 Å². The van der Waals surface area contributed by atoms with Gasteiger partial charge in [0, 0.05) is 10.9 Å². The van der Waals surface area contributed by atoms with Gasteiger partial charge in [0.05, 0.1) is 6.61 Å². The molecule has 1 rings (SSSR count). The lowest BCUT2D eigenvalue weighted by atomic mass is 10.1. The van der Waals surface area contributed by atoms with Crippen LogP contribution in [-0.2, 0) is 6.42 Å². The molecular formula is C9H10BrFO. The summed E-state index contributed by atoms with van der Waals surface area (Å²) in [6, 6.07) is 7.43. The van der Waals surface area contributed by atoms with Crippen molar-refractivity contribution in [2.75, 3.05) is 6.61 Å². The summed E-state index contributed by atoms with van der Waals surface area (Å²) in [5, 5.41) is 8.48. The quantitative estimate of drug-likeness (QED) is 0.849. The van der Waals surface area contributed by atoms with Crippen LogP contribution in [0.1, 0.15) is 5.56 Å². The molecule has 0 aliphatic heterocycles. The summed E-state index contributed by atoms with van der Waals surface area (Å²) in [5.74, 6) is 0. The molecule has 3 heteroatoms. The highest BCUT2D eigenvalue weighted by Crippen LogP contribution is 2.13. The van der Waals surface area contributed by atoms with Crippen molar-refractivity contribution in [3.8, 4) is 0 Å². The van der Waals surface area contributed by atoms with Crippen molar-refractivity contribution >= 4 is 15.9 Å². The largest absolute Gasteiger partial charge is 0.393 e. The first-order chi connectivity index (χ1) is 5.72. The molecule has 0 saturated carbocycles. The van der Waals surface area contributed by atoms with E-state index < -0.39 is 12.8 Å². The topological polar surface area (TPSA) is 20.2 Å². The Labute approximate surface area is 79.4 Å². The maximum atomic E-state index is 12.7. The fourth-order valence-electron chi connectivity index (χ4n) is 0.984. The molecule has 1 aromatic carbocycles. The summed E-state index contributed by atoms with van der Waals surface area (Å²) >= 11 is 3.29. The van der Waals surface area contributed by atoms with Crippen molar-refractivity contribution < 1.29 is 9.50 Å². The molecule has 0 amide bonds. The normalized spacial score (nSPS) is 12.9. The molecule has 0 bridgehead atoms. The Balaban J connectivity index is 2.63. The third-order valence-corrected chi connectivity index (χ3v) is 2.04. The SMILES string of the molecule is OC[C@@H](F)Cc1cccc(Br)c1. The summed E-state index contributed by atoms with van der Waals surface area (Å²) in [6.07, 6.45) is -0.880. The van der Waals surface area contributed by atoms with Crippen molar-refractivity contribution in [3.63, 3.8) is 0 Å². The standard InChI is InChI=1S/C9H10BrFO/c10-8-3-1-2-7(4-8)5-9(11)6-12/h1-4,9,12H,5-6H2/t9-/m0/s1. The van der Waals surface area contributed by atoms with Gasteiger partial charge in [-0.25, -0.2) is 4.39 Å². The second kappa shape index (κ2) is 4.58. The van der Waals surface area contributed by atoms with E-state index in [0.717, 1.165) is 10.0 Å². The Morgan fingerprint density at radius 3 is 2.83 bits per heavy atom. The van der Waals surface area contributed by atoms with Crippen LogP contribution >= 0.6 is 15.9 Å². The zero-order chi connectivity index (χ0) is 8.97. The van der Waals surface area contributed by atoms with E-state index >= 15 is 0 Å². The minimum atomic E-state index is -1.15. The maximum Gasteiger partial charge on any atom is 0.127 e. The predicted octanol–water partition coefficient (Wildman–Crippen LogP) is 2.32. The van der Waals surface area contributed by atoms with E-state index in [0.29, 0.717) is 0 Å². The molecule has 1 aromatic rings. The van der Waals surface area contributed by atoms with Gasteiger partial charge in [-0.1, -0.05) is 28.1 Å². The molecule has 0 spiro atoms. The lowest BCUT2D eigenvalue weighted by Gasteiger charge is -2.04. The van der Waals surface area contributed by atoms with Gasteiger partial charge < -0.3 is 5.11 Å². The molecule has 0 saturated heterocycles. The maximum absolute atomic E-state index is 12.7. The number of rotatable bonds is 3. The zero-order valence-corrected chi connectivity index (χ0v) is 8.09. The van der Waals surface area contributed by atoms with Crippen LogP contribution in [0.3, 0.4) is 0 Å². The molecule has 0 aromatic heterocycles. The number of aliphatic hydroxyl groups excluding tert-OH is 1.